The molecule has 306 valence electrons. The third kappa shape index (κ3) is 5.02. The monoisotopic (exact) mass is 830 g/mol. The summed E-state index contributed by atoms with van der Waals surface area (Å²) in [6.45, 7) is 2.41. The molecule has 0 spiro atoms. The summed E-state index contributed by atoms with van der Waals surface area (Å²) in [7, 11) is 0. The molecule has 14 rings (SSSR count). The first-order valence-corrected chi connectivity index (χ1v) is 22.6. The van der Waals surface area contributed by atoms with E-state index in [-0.39, 0.29) is 11.5 Å². The molecule has 2 aliphatic rings. The van der Waals surface area contributed by atoms with Gasteiger partial charge in [-0.15, -0.1) is 0 Å². The predicted octanol–water partition coefficient (Wildman–Crippen LogP) is 15.5. The smallest absolute Gasteiger partial charge is 0.0655 e. The van der Waals surface area contributed by atoms with Gasteiger partial charge >= 0.3 is 0 Å². The molecule has 0 saturated heterocycles. The molecule has 2 unspecified atom stereocenters. The molecule has 1 aliphatic heterocycles. The zero-order chi connectivity index (χ0) is 42.8. The predicted molar refractivity (Wildman–Crippen MR) is 273 cm³/mol. The number of aromatic nitrogens is 3. The van der Waals surface area contributed by atoms with Crippen LogP contribution in [0, 0.1) is 0 Å². The second-order valence-corrected chi connectivity index (χ2v) is 17.9. The van der Waals surface area contributed by atoms with Crippen LogP contribution in [0.25, 0.3) is 93.6 Å². The Kier molecular flexibility index (Phi) is 7.56. The highest BCUT2D eigenvalue weighted by molar-refractivity contribution is 6.17. The van der Waals surface area contributed by atoms with E-state index in [1.54, 1.807) is 0 Å². The van der Waals surface area contributed by atoms with Gasteiger partial charge in [0.2, 0.25) is 0 Å². The highest BCUT2D eigenvalue weighted by Crippen LogP contribution is 2.55. The lowest BCUT2D eigenvalue weighted by Crippen LogP contribution is -2.39. The minimum absolute atomic E-state index is 0.0553. The number of benzene rings is 9. The molecule has 3 aromatic heterocycles. The number of anilines is 2. The normalized spacial score (nSPS) is 16.8. The Balaban J connectivity index is 1.20. The average Bonchev–Trinajstić information content (AvgIpc) is 4.06. The highest BCUT2D eigenvalue weighted by atomic mass is 15.2. The van der Waals surface area contributed by atoms with Gasteiger partial charge < -0.3 is 18.6 Å². The van der Waals surface area contributed by atoms with Crippen LogP contribution in [0.3, 0.4) is 0 Å². The number of rotatable bonds is 5. The van der Waals surface area contributed by atoms with Crippen LogP contribution in [-0.4, -0.2) is 19.7 Å². The Morgan fingerprint density at radius 1 is 0.354 bits per heavy atom. The van der Waals surface area contributed by atoms with Gasteiger partial charge in [0.15, 0.2) is 0 Å². The molecule has 4 nitrogen and oxygen atoms in total. The van der Waals surface area contributed by atoms with E-state index in [1.807, 2.05) is 0 Å². The summed E-state index contributed by atoms with van der Waals surface area (Å²) in [5.74, 6) is 0. The molecule has 0 N–H and O–H groups in total. The fraction of sp³-hybridized carbons (Fsp3) is 0.0492. The van der Waals surface area contributed by atoms with E-state index in [1.165, 1.54) is 87.9 Å². The summed E-state index contributed by atoms with van der Waals surface area (Å²) in [6, 6.07) is 76.4. The van der Waals surface area contributed by atoms with E-state index in [4.69, 9.17) is 0 Å². The van der Waals surface area contributed by atoms with Crippen LogP contribution >= 0.6 is 0 Å². The quantitative estimate of drug-likeness (QED) is 0.169. The first kappa shape index (κ1) is 36.2. The van der Waals surface area contributed by atoms with Crippen LogP contribution in [0.1, 0.15) is 12.5 Å². The highest BCUT2D eigenvalue weighted by Gasteiger charge is 2.47. The summed E-state index contributed by atoms with van der Waals surface area (Å²) in [5, 5.41) is 7.38. The van der Waals surface area contributed by atoms with Crippen LogP contribution in [0.4, 0.5) is 11.4 Å². The first-order chi connectivity index (χ1) is 32.2. The Morgan fingerprint density at radius 3 is 1.34 bits per heavy atom. The van der Waals surface area contributed by atoms with Crippen molar-refractivity contribution in [2.24, 2.45) is 0 Å². The maximum atomic E-state index is 2.64. The van der Waals surface area contributed by atoms with E-state index in [2.05, 4.69) is 256 Å². The fourth-order valence-electron chi connectivity index (χ4n) is 11.6. The Labute approximate surface area is 376 Å². The zero-order valence-electron chi connectivity index (χ0n) is 35.8. The molecule has 0 radical (unpaired) electrons. The van der Waals surface area contributed by atoms with Crippen molar-refractivity contribution in [2.75, 3.05) is 4.90 Å². The van der Waals surface area contributed by atoms with Crippen LogP contribution in [0.5, 0.6) is 0 Å². The van der Waals surface area contributed by atoms with Crippen LogP contribution < -0.4 is 4.90 Å². The van der Waals surface area contributed by atoms with Crippen molar-refractivity contribution in [3.05, 3.63) is 236 Å². The van der Waals surface area contributed by atoms with Gasteiger partial charge in [-0.2, -0.15) is 0 Å². The number of para-hydroxylation sites is 7. The molecule has 65 heavy (non-hydrogen) atoms. The molecule has 0 fully saturated rings. The van der Waals surface area contributed by atoms with E-state index in [0.29, 0.717) is 0 Å². The molecule has 4 heteroatoms. The van der Waals surface area contributed by atoms with Crippen LogP contribution in [0.15, 0.2) is 231 Å². The average molecular weight is 831 g/mol. The van der Waals surface area contributed by atoms with Crippen molar-refractivity contribution in [2.45, 2.75) is 18.4 Å². The second-order valence-electron chi connectivity index (χ2n) is 17.9. The summed E-state index contributed by atoms with van der Waals surface area (Å²) in [4.78, 5) is 2.64. The maximum Gasteiger partial charge on any atom is 0.0655 e. The Morgan fingerprint density at radius 2 is 0.785 bits per heavy atom. The molecule has 2 atom stereocenters. The number of nitrogens with zero attached hydrogens (tertiary/aromatic N) is 4. The van der Waals surface area contributed by atoms with E-state index in [0.717, 1.165) is 22.6 Å². The lowest BCUT2D eigenvalue weighted by Gasteiger charge is -2.36. The SMILES string of the molecule is CC12C=CC=CC1N(c1cc3c4ccccc4n(-c4ccccc4)c3cc1-c1cc3c(cc1-n1c4ccccc4c4ccccc41)c1ccccc1n3-c1ccccc1)c1ccccc12. The maximum absolute atomic E-state index is 2.64. The standard InChI is InChI=1S/C61H42N4/c1-61-35-19-18-34-60(61)65(55-33-17-12-28-50(55)61)59-37-47-45-27-11-14-30-52(45)63(41-22-6-3-7-23-41)57(47)39-49(59)48-38-56-46(44-26-10-13-29-51(44)62(56)40-20-4-2-5-21-40)36-58(48)64-53-31-15-8-24-42(53)43-25-9-16-32-54(43)64/h2-39,60H,1H3. The van der Waals surface area contributed by atoms with Crippen molar-refractivity contribution in [3.63, 3.8) is 0 Å². The second kappa shape index (κ2) is 13.6. The van der Waals surface area contributed by atoms with Gasteiger partial charge in [0.25, 0.3) is 0 Å². The first-order valence-electron chi connectivity index (χ1n) is 22.6. The zero-order valence-corrected chi connectivity index (χ0v) is 35.8. The topological polar surface area (TPSA) is 18.0 Å². The minimum atomic E-state index is -0.227. The van der Waals surface area contributed by atoms with E-state index < -0.39 is 0 Å². The lowest BCUT2D eigenvalue weighted by atomic mass is 9.76. The van der Waals surface area contributed by atoms with Gasteiger partial charge in [-0.25, -0.2) is 0 Å². The molecular weight excluding hydrogens is 789 g/mol. The largest absolute Gasteiger partial charge is 0.332 e. The molecule has 4 heterocycles. The van der Waals surface area contributed by atoms with Gasteiger partial charge in [-0.3, -0.25) is 0 Å². The van der Waals surface area contributed by atoms with Crippen molar-refractivity contribution < 1.29 is 0 Å². The Bertz CT molecular complexity index is 3920. The van der Waals surface area contributed by atoms with Crippen LogP contribution in [-0.2, 0) is 5.41 Å². The van der Waals surface area contributed by atoms with Crippen molar-refractivity contribution in [1.82, 2.24) is 13.7 Å². The van der Waals surface area contributed by atoms with Gasteiger partial charge in [-0.1, -0.05) is 152 Å². The van der Waals surface area contributed by atoms with Crippen molar-refractivity contribution in [1.29, 1.82) is 0 Å². The van der Waals surface area contributed by atoms with Gasteiger partial charge in [0, 0.05) is 65.9 Å². The summed E-state index contributed by atoms with van der Waals surface area (Å²) in [6.07, 6.45) is 9.28. The van der Waals surface area contributed by atoms with Crippen molar-refractivity contribution >= 4 is 76.8 Å². The molecule has 1 aliphatic carbocycles. The Hall–Kier alpha value is -8.34. The summed E-state index contributed by atoms with van der Waals surface area (Å²) < 4.78 is 7.45. The molecule has 9 aromatic carbocycles. The minimum Gasteiger partial charge on any atom is -0.332 e. The van der Waals surface area contributed by atoms with Crippen molar-refractivity contribution in [3.8, 4) is 28.2 Å². The lowest BCUT2D eigenvalue weighted by molar-refractivity contribution is 0.551. The molecule has 12 aromatic rings. The third-order valence-corrected chi connectivity index (χ3v) is 14.5. The third-order valence-electron chi connectivity index (χ3n) is 14.5. The summed E-state index contributed by atoms with van der Waals surface area (Å²) >= 11 is 0. The van der Waals surface area contributed by atoms with Crippen LogP contribution in [0.2, 0.25) is 0 Å². The van der Waals surface area contributed by atoms with E-state index in [9.17, 15) is 0 Å². The number of hydrogen-bond acceptors (Lipinski definition) is 1. The number of fused-ring (bicyclic) bond motifs is 12. The molecule has 0 amide bonds. The summed E-state index contributed by atoms with van der Waals surface area (Å²) in [5.41, 5.74) is 16.3. The van der Waals surface area contributed by atoms with Gasteiger partial charge in [0.1, 0.15) is 0 Å². The molecule has 0 bridgehead atoms. The molecule has 0 saturated carbocycles. The van der Waals surface area contributed by atoms with E-state index >= 15 is 0 Å². The van der Waals surface area contributed by atoms with Gasteiger partial charge in [0.05, 0.1) is 50.5 Å². The van der Waals surface area contributed by atoms with Gasteiger partial charge in [-0.05, 0) is 91.3 Å². The fourth-order valence-corrected chi connectivity index (χ4v) is 11.6. The number of allylic oxidation sites excluding steroid dienone is 2. The number of hydrogen-bond donors (Lipinski definition) is 0. The molecular formula is C61H42N4.